The van der Waals surface area contributed by atoms with Crippen molar-refractivity contribution in [3.8, 4) is 0 Å². The van der Waals surface area contributed by atoms with Gasteiger partial charge in [0.1, 0.15) is 0 Å². The van der Waals surface area contributed by atoms with Crippen LogP contribution in [-0.4, -0.2) is 24.2 Å². The molecule has 5 nitrogen and oxygen atoms in total. The molecule has 1 unspecified atom stereocenters. The Balaban J connectivity index is 2.03. The summed E-state index contributed by atoms with van der Waals surface area (Å²) in [5.74, 6) is -0.965. The molecule has 0 saturated heterocycles. The Morgan fingerprint density at radius 3 is 2.58 bits per heavy atom. The summed E-state index contributed by atoms with van der Waals surface area (Å²) in [6, 6.07) is 12.4. The summed E-state index contributed by atoms with van der Waals surface area (Å²) in [6.45, 7) is 3.39. The highest BCUT2D eigenvalue weighted by atomic mass is 32.2. The number of anilines is 2. The molecule has 3 N–H and O–H groups in total. The first-order chi connectivity index (χ1) is 11.4. The molecular formula is C18H20N2O3S. The van der Waals surface area contributed by atoms with E-state index in [4.69, 9.17) is 10.5 Å². The topological polar surface area (TPSA) is 81.4 Å². The van der Waals surface area contributed by atoms with Crippen LogP contribution in [0.1, 0.15) is 22.8 Å². The number of carbonyl (C=O) groups excluding carboxylic acids is 2. The predicted molar refractivity (Wildman–Crippen MR) is 97.3 cm³/mol. The molecule has 2 rings (SSSR count). The number of carbonyl (C=O) groups is 2. The Morgan fingerprint density at radius 2 is 1.92 bits per heavy atom. The van der Waals surface area contributed by atoms with E-state index in [9.17, 15) is 9.59 Å². The van der Waals surface area contributed by atoms with Gasteiger partial charge in [0.05, 0.1) is 11.3 Å². The molecule has 6 heteroatoms. The van der Waals surface area contributed by atoms with Crippen molar-refractivity contribution >= 4 is 35.0 Å². The number of thioether (sulfide) groups is 1. The van der Waals surface area contributed by atoms with Gasteiger partial charge in [0.2, 0.25) is 0 Å². The zero-order chi connectivity index (χ0) is 17.7. The second kappa shape index (κ2) is 7.88. The van der Waals surface area contributed by atoms with Gasteiger partial charge in [-0.05, 0) is 49.9 Å². The third-order valence-corrected chi connectivity index (χ3v) is 4.33. The standard InChI is InChI=1S/C18H20N2O3S/c1-11-8-9-13(10-14(11)19)18(22)23-12(2)17(21)20-15-6-4-5-7-16(15)24-3/h4-10,12H,19H2,1-3H3,(H,20,21). The van der Waals surface area contributed by atoms with Gasteiger partial charge in [0.25, 0.3) is 5.91 Å². The lowest BCUT2D eigenvalue weighted by Crippen LogP contribution is -2.30. The van der Waals surface area contributed by atoms with E-state index in [1.807, 2.05) is 31.4 Å². The van der Waals surface area contributed by atoms with Crippen LogP contribution in [0.5, 0.6) is 0 Å². The largest absolute Gasteiger partial charge is 0.449 e. The number of nitrogens with one attached hydrogen (secondary N) is 1. The van der Waals surface area contributed by atoms with Crippen molar-refractivity contribution in [1.29, 1.82) is 0 Å². The summed E-state index contributed by atoms with van der Waals surface area (Å²) in [6.07, 6.45) is 1.01. The molecule has 0 heterocycles. The number of amides is 1. The molecule has 0 fully saturated rings. The summed E-state index contributed by atoms with van der Waals surface area (Å²) in [5.41, 5.74) is 8.20. The third kappa shape index (κ3) is 4.29. The maximum Gasteiger partial charge on any atom is 0.338 e. The van der Waals surface area contributed by atoms with E-state index >= 15 is 0 Å². The van der Waals surface area contributed by atoms with Crippen molar-refractivity contribution in [3.05, 3.63) is 53.6 Å². The molecule has 126 valence electrons. The molecule has 0 aromatic heterocycles. The SMILES string of the molecule is CSc1ccccc1NC(=O)C(C)OC(=O)c1ccc(C)c(N)c1. The van der Waals surface area contributed by atoms with Crippen molar-refractivity contribution in [2.24, 2.45) is 0 Å². The number of hydrogen-bond donors (Lipinski definition) is 2. The van der Waals surface area contributed by atoms with E-state index in [-0.39, 0.29) is 5.91 Å². The van der Waals surface area contributed by atoms with Gasteiger partial charge in [-0.2, -0.15) is 0 Å². The maximum absolute atomic E-state index is 12.2. The molecule has 1 amide bonds. The quantitative estimate of drug-likeness (QED) is 0.493. The number of esters is 1. The summed E-state index contributed by atoms with van der Waals surface area (Å²) in [7, 11) is 0. The fourth-order valence-corrected chi connectivity index (χ4v) is 2.59. The number of hydrogen-bond acceptors (Lipinski definition) is 5. The molecule has 24 heavy (non-hydrogen) atoms. The van der Waals surface area contributed by atoms with Gasteiger partial charge >= 0.3 is 5.97 Å². The maximum atomic E-state index is 12.2. The normalized spacial score (nSPS) is 11.6. The van der Waals surface area contributed by atoms with E-state index in [1.165, 1.54) is 18.7 Å². The van der Waals surface area contributed by atoms with Crippen LogP contribution in [0.3, 0.4) is 0 Å². The van der Waals surface area contributed by atoms with Crippen LogP contribution in [0, 0.1) is 6.92 Å². The number of aryl methyl sites for hydroxylation is 1. The van der Waals surface area contributed by atoms with Crippen LogP contribution in [0.4, 0.5) is 11.4 Å². The Morgan fingerprint density at radius 1 is 1.21 bits per heavy atom. The van der Waals surface area contributed by atoms with E-state index in [2.05, 4.69) is 5.32 Å². The minimum Gasteiger partial charge on any atom is -0.449 e. The summed E-state index contributed by atoms with van der Waals surface area (Å²) in [4.78, 5) is 25.3. The van der Waals surface area contributed by atoms with Gasteiger partial charge in [0.15, 0.2) is 6.10 Å². The fraction of sp³-hybridized carbons (Fsp3) is 0.222. The number of nitrogens with two attached hydrogens (primary N) is 1. The number of para-hydroxylation sites is 1. The molecule has 0 aliphatic heterocycles. The van der Waals surface area contributed by atoms with E-state index < -0.39 is 12.1 Å². The first kappa shape index (κ1) is 17.9. The van der Waals surface area contributed by atoms with Gasteiger partial charge in [0, 0.05) is 10.6 Å². The zero-order valence-corrected chi connectivity index (χ0v) is 14.6. The number of ether oxygens (including phenoxy) is 1. The van der Waals surface area contributed by atoms with Crippen molar-refractivity contribution in [3.63, 3.8) is 0 Å². The lowest BCUT2D eigenvalue weighted by Gasteiger charge is -2.15. The van der Waals surface area contributed by atoms with Crippen molar-refractivity contribution < 1.29 is 14.3 Å². The Bertz CT molecular complexity index is 762. The molecule has 0 spiro atoms. The highest BCUT2D eigenvalue weighted by Crippen LogP contribution is 2.24. The van der Waals surface area contributed by atoms with E-state index in [1.54, 1.807) is 24.3 Å². The summed E-state index contributed by atoms with van der Waals surface area (Å²) in [5, 5.41) is 2.78. The van der Waals surface area contributed by atoms with E-state index in [0.717, 1.165) is 10.5 Å². The average Bonchev–Trinajstić information content (AvgIpc) is 2.57. The second-order valence-electron chi connectivity index (χ2n) is 5.31. The fourth-order valence-electron chi connectivity index (χ4n) is 2.03. The van der Waals surface area contributed by atoms with Gasteiger partial charge in [-0.1, -0.05) is 18.2 Å². The first-order valence-corrected chi connectivity index (χ1v) is 8.66. The van der Waals surface area contributed by atoms with Crippen molar-refractivity contribution in [2.75, 3.05) is 17.3 Å². The number of rotatable bonds is 5. The van der Waals surface area contributed by atoms with Crippen LogP contribution < -0.4 is 11.1 Å². The third-order valence-electron chi connectivity index (χ3n) is 3.53. The van der Waals surface area contributed by atoms with Crippen LogP contribution in [-0.2, 0) is 9.53 Å². The van der Waals surface area contributed by atoms with Crippen LogP contribution >= 0.6 is 11.8 Å². The van der Waals surface area contributed by atoms with Gasteiger partial charge in [-0.3, -0.25) is 4.79 Å². The van der Waals surface area contributed by atoms with Gasteiger partial charge in [-0.15, -0.1) is 11.8 Å². The van der Waals surface area contributed by atoms with Gasteiger partial charge < -0.3 is 15.8 Å². The summed E-state index contributed by atoms with van der Waals surface area (Å²) < 4.78 is 5.23. The van der Waals surface area contributed by atoms with Gasteiger partial charge in [-0.25, -0.2) is 4.79 Å². The lowest BCUT2D eigenvalue weighted by molar-refractivity contribution is -0.123. The molecule has 2 aromatic rings. The second-order valence-corrected chi connectivity index (χ2v) is 6.16. The van der Waals surface area contributed by atoms with Crippen LogP contribution in [0.2, 0.25) is 0 Å². The van der Waals surface area contributed by atoms with Crippen molar-refractivity contribution in [1.82, 2.24) is 0 Å². The molecule has 0 radical (unpaired) electrons. The number of benzene rings is 2. The molecule has 1 atom stereocenters. The highest BCUT2D eigenvalue weighted by Gasteiger charge is 2.20. The Hall–Kier alpha value is -2.47. The monoisotopic (exact) mass is 344 g/mol. The minimum atomic E-state index is -0.921. The molecule has 0 saturated carbocycles. The summed E-state index contributed by atoms with van der Waals surface area (Å²) >= 11 is 1.53. The molecular weight excluding hydrogens is 324 g/mol. The zero-order valence-electron chi connectivity index (χ0n) is 13.8. The average molecular weight is 344 g/mol. The van der Waals surface area contributed by atoms with E-state index in [0.29, 0.717) is 16.9 Å². The molecule has 0 bridgehead atoms. The minimum absolute atomic E-state index is 0.322. The Kier molecular flexibility index (Phi) is 5.87. The van der Waals surface area contributed by atoms with Crippen LogP contribution in [0.25, 0.3) is 0 Å². The molecule has 2 aromatic carbocycles. The Labute approximate surface area is 145 Å². The smallest absolute Gasteiger partial charge is 0.338 e. The predicted octanol–water partition coefficient (Wildman–Crippen LogP) is 3.48. The molecule has 0 aliphatic rings. The van der Waals surface area contributed by atoms with Crippen LogP contribution in [0.15, 0.2) is 47.4 Å². The lowest BCUT2D eigenvalue weighted by atomic mass is 10.1. The van der Waals surface area contributed by atoms with Crippen molar-refractivity contribution in [2.45, 2.75) is 24.8 Å². The first-order valence-electron chi connectivity index (χ1n) is 7.43. The molecule has 0 aliphatic carbocycles. The highest BCUT2D eigenvalue weighted by molar-refractivity contribution is 7.98. The number of nitrogen functional groups attached to an aromatic ring is 1.